The Balaban J connectivity index is 3.18. The third-order valence-electron chi connectivity index (χ3n) is 6.95. The summed E-state index contributed by atoms with van der Waals surface area (Å²) in [5.74, 6) is -7.65. The SMILES string of the molecule is C[C@H](NC(=O)[C@H](CCCN=C(N)N)NC(=O)[C@@H](N)CS)C(=O)N[C@@H](CCC(=O)O)C(=O)N[C@@H](Cc1ccc(O)cc1)C(=O)N[C@@H](CO)C(=O)O. The second-order valence-corrected chi connectivity index (χ2v) is 11.4. The molecule has 15 N–H and O–H groups in total. The van der Waals surface area contributed by atoms with Gasteiger partial charge in [0.05, 0.1) is 12.6 Å². The van der Waals surface area contributed by atoms with Crippen LogP contribution in [-0.4, -0.2) is 123 Å². The van der Waals surface area contributed by atoms with Gasteiger partial charge in [-0.25, -0.2) is 4.79 Å². The Morgan fingerprint density at radius 2 is 1.30 bits per heavy atom. The van der Waals surface area contributed by atoms with E-state index in [-0.39, 0.29) is 43.3 Å². The standard InChI is InChI=1S/C29H45N9O11S/c1-14(34-25(45)18(3-2-10-33-29(31)32)36-24(44)17(30)13-50)23(43)35-19(8-9-22(41)42)26(46)37-20(11-15-4-6-16(40)7-5-15)27(47)38-21(12-39)28(48)49/h4-7,14,17-21,39-40,50H,2-3,8-13,30H2,1H3,(H,34,45)(H,35,43)(H,36,44)(H,37,46)(H,38,47)(H,41,42)(H,48,49)(H4,31,32,33)/t14-,17-,18-,19-,20-,21-/m0/s1. The van der Waals surface area contributed by atoms with Gasteiger partial charge in [0.15, 0.2) is 5.96 Å². The van der Waals surface area contributed by atoms with Crippen molar-refractivity contribution in [3.63, 3.8) is 0 Å². The molecule has 50 heavy (non-hydrogen) atoms. The van der Waals surface area contributed by atoms with Gasteiger partial charge in [0.25, 0.3) is 0 Å². The summed E-state index contributed by atoms with van der Waals surface area (Å²) in [5, 5.41) is 49.1. The van der Waals surface area contributed by atoms with Crippen LogP contribution in [0.25, 0.3) is 0 Å². The van der Waals surface area contributed by atoms with Crippen LogP contribution in [0.5, 0.6) is 5.75 Å². The number of rotatable bonds is 22. The molecule has 0 bridgehead atoms. The van der Waals surface area contributed by atoms with Crippen molar-refractivity contribution in [2.75, 3.05) is 18.9 Å². The summed E-state index contributed by atoms with van der Waals surface area (Å²) in [6.07, 6.45) is -1.02. The lowest BCUT2D eigenvalue weighted by Crippen LogP contribution is -2.59. The maximum atomic E-state index is 13.4. The summed E-state index contributed by atoms with van der Waals surface area (Å²) in [7, 11) is 0. The van der Waals surface area contributed by atoms with E-state index < -0.39 is 97.2 Å². The Morgan fingerprint density at radius 3 is 1.84 bits per heavy atom. The first-order valence-corrected chi connectivity index (χ1v) is 15.9. The maximum Gasteiger partial charge on any atom is 0.328 e. The lowest BCUT2D eigenvalue weighted by atomic mass is 10.0. The van der Waals surface area contributed by atoms with Crippen molar-refractivity contribution in [3.05, 3.63) is 29.8 Å². The predicted octanol–water partition coefficient (Wildman–Crippen LogP) is -4.37. The smallest absolute Gasteiger partial charge is 0.328 e. The van der Waals surface area contributed by atoms with Crippen molar-refractivity contribution < 1.29 is 54.0 Å². The summed E-state index contributed by atoms with van der Waals surface area (Å²) in [5.41, 5.74) is 16.7. The van der Waals surface area contributed by atoms with Crippen molar-refractivity contribution in [2.45, 2.75) is 75.3 Å². The number of aliphatic carboxylic acids is 2. The Bertz CT molecular complexity index is 1380. The molecule has 0 heterocycles. The van der Waals surface area contributed by atoms with Crippen LogP contribution >= 0.6 is 12.6 Å². The zero-order valence-electron chi connectivity index (χ0n) is 27.2. The third kappa shape index (κ3) is 15.8. The number of aliphatic hydroxyl groups is 1. The van der Waals surface area contributed by atoms with Crippen LogP contribution in [0.1, 0.15) is 38.2 Å². The Morgan fingerprint density at radius 1 is 0.780 bits per heavy atom. The van der Waals surface area contributed by atoms with Gasteiger partial charge in [-0.1, -0.05) is 12.1 Å². The lowest BCUT2D eigenvalue weighted by Gasteiger charge is -2.26. The average Bonchev–Trinajstić information content (AvgIpc) is 3.06. The highest BCUT2D eigenvalue weighted by Gasteiger charge is 2.32. The number of benzene rings is 1. The molecule has 1 aromatic rings. The summed E-state index contributed by atoms with van der Waals surface area (Å²) in [6, 6.07) is -2.87. The zero-order valence-corrected chi connectivity index (χ0v) is 28.1. The fourth-order valence-electron chi connectivity index (χ4n) is 4.15. The molecule has 0 fully saturated rings. The monoisotopic (exact) mass is 727 g/mol. The number of aliphatic hydroxyl groups excluding tert-OH is 1. The number of nitrogens with two attached hydrogens (primary N) is 3. The molecule has 6 atom stereocenters. The molecule has 0 saturated carbocycles. The van der Waals surface area contributed by atoms with E-state index in [1.165, 1.54) is 31.2 Å². The van der Waals surface area contributed by atoms with Crippen LogP contribution in [0.3, 0.4) is 0 Å². The molecule has 0 radical (unpaired) electrons. The molecule has 0 aliphatic heterocycles. The fourth-order valence-corrected chi connectivity index (χ4v) is 4.32. The molecular formula is C29H45N9O11S. The number of guanidine groups is 1. The Hall–Kier alpha value is -5.15. The van der Waals surface area contributed by atoms with E-state index in [2.05, 4.69) is 44.2 Å². The molecule has 5 amide bonds. The van der Waals surface area contributed by atoms with Crippen LogP contribution in [0.15, 0.2) is 29.3 Å². The second kappa shape index (κ2) is 21.7. The number of hydrogen-bond acceptors (Lipinski definition) is 12. The number of phenolic OH excluding ortho intramolecular Hbond substituents is 1. The predicted molar refractivity (Wildman–Crippen MR) is 180 cm³/mol. The molecular weight excluding hydrogens is 682 g/mol. The van der Waals surface area contributed by atoms with E-state index in [0.717, 1.165) is 0 Å². The van der Waals surface area contributed by atoms with E-state index in [1.54, 1.807) is 0 Å². The topological polar surface area (TPSA) is 351 Å². The van der Waals surface area contributed by atoms with Gasteiger partial charge in [0.2, 0.25) is 29.5 Å². The minimum absolute atomic E-state index is 0.0220. The van der Waals surface area contributed by atoms with Gasteiger partial charge in [-0.05, 0) is 43.9 Å². The molecule has 278 valence electrons. The maximum absolute atomic E-state index is 13.4. The van der Waals surface area contributed by atoms with Crippen LogP contribution in [0.4, 0.5) is 0 Å². The molecule has 21 heteroatoms. The molecule has 1 aromatic carbocycles. The molecule has 0 aliphatic rings. The average molecular weight is 728 g/mol. The van der Waals surface area contributed by atoms with E-state index >= 15 is 0 Å². The van der Waals surface area contributed by atoms with Crippen LogP contribution in [0, 0.1) is 0 Å². The zero-order chi connectivity index (χ0) is 38.0. The van der Waals surface area contributed by atoms with Crippen molar-refractivity contribution >= 4 is 60.1 Å². The first kappa shape index (κ1) is 42.9. The van der Waals surface area contributed by atoms with Gasteiger partial charge < -0.3 is 64.2 Å². The van der Waals surface area contributed by atoms with Crippen molar-refractivity contribution in [1.29, 1.82) is 0 Å². The number of carbonyl (C=O) groups excluding carboxylic acids is 5. The minimum atomic E-state index is -1.72. The van der Waals surface area contributed by atoms with Crippen LogP contribution in [-0.2, 0) is 40.0 Å². The van der Waals surface area contributed by atoms with Gasteiger partial charge in [0.1, 0.15) is 36.0 Å². The summed E-state index contributed by atoms with van der Waals surface area (Å²) in [4.78, 5) is 91.7. The highest BCUT2D eigenvalue weighted by atomic mass is 32.1. The first-order chi connectivity index (χ1) is 23.5. The summed E-state index contributed by atoms with van der Waals surface area (Å²) >= 11 is 3.97. The van der Waals surface area contributed by atoms with Gasteiger partial charge in [0, 0.05) is 25.1 Å². The van der Waals surface area contributed by atoms with Crippen molar-refractivity contribution in [1.82, 2.24) is 26.6 Å². The number of aliphatic imine (C=N–C) groups is 1. The molecule has 0 aromatic heterocycles. The number of hydrogen-bond donors (Lipinski definition) is 13. The number of thiol groups is 1. The third-order valence-corrected chi connectivity index (χ3v) is 7.34. The number of aromatic hydroxyl groups is 1. The number of carboxylic acid groups (broad SMARTS) is 2. The quantitative estimate of drug-likeness (QED) is 0.0232. The Labute approximate surface area is 292 Å². The van der Waals surface area contributed by atoms with Crippen LogP contribution < -0.4 is 43.8 Å². The molecule has 0 spiro atoms. The molecule has 0 unspecified atom stereocenters. The highest BCUT2D eigenvalue weighted by molar-refractivity contribution is 7.80. The van der Waals surface area contributed by atoms with Gasteiger partial charge in [-0.15, -0.1) is 0 Å². The Kier molecular flexibility index (Phi) is 18.6. The van der Waals surface area contributed by atoms with E-state index in [9.17, 15) is 54.0 Å². The molecule has 20 nitrogen and oxygen atoms in total. The number of carbonyl (C=O) groups is 7. The van der Waals surface area contributed by atoms with Crippen molar-refractivity contribution in [3.8, 4) is 5.75 Å². The fraction of sp³-hybridized carbons (Fsp3) is 0.517. The van der Waals surface area contributed by atoms with E-state index in [0.29, 0.717) is 5.56 Å². The molecule has 0 saturated heterocycles. The second-order valence-electron chi connectivity index (χ2n) is 11.0. The first-order valence-electron chi connectivity index (χ1n) is 15.3. The molecule has 0 aliphatic carbocycles. The number of phenols is 1. The van der Waals surface area contributed by atoms with E-state index in [4.69, 9.17) is 17.2 Å². The summed E-state index contributed by atoms with van der Waals surface area (Å²) in [6.45, 7) is 0.420. The number of nitrogens with one attached hydrogen (secondary N) is 5. The van der Waals surface area contributed by atoms with Crippen molar-refractivity contribution in [2.24, 2.45) is 22.2 Å². The van der Waals surface area contributed by atoms with Gasteiger partial charge in [-0.3, -0.25) is 33.8 Å². The lowest BCUT2D eigenvalue weighted by molar-refractivity contribution is -0.143. The number of nitrogens with zero attached hydrogens (tertiary/aromatic N) is 1. The van der Waals surface area contributed by atoms with Gasteiger partial charge >= 0.3 is 11.9 Å². The van der Waals surface area contributed by atoms with Gasteiger partial charge in [-0.2, -0.15) is 12.6 Å². The normalized spacial score (nSPS) is 14.3. The number of amides is 5. The summed E-state index contributed by atoms with van der Waals surface area (Å²) < 4.78 is 0. The molecule has 1 rings (SSSR count). The largest absolute Gasteiger partial charge is 0.508 e. The number of carboxylic acids is 2. The highest BCUT2D eigenvalue weighted by Crippen LogP contribution is 2.12. The van der Waals surface area contributed by atoms with E-state index in [1.807, 2.05) is 0 Å². The van der Waals surface area contributed by atoms with Crippen LogP contribution in [0.2, 0.25) is 0 Å². The minimum Gasteiger partial charge on any atom is -0.508 e.